The van der Waals surface area contributed by atoms with E-state index in [-0.39, 0.29) is 11.6 Å². The summed E-state index contributed by atoms with van der Waals surface area (Å²) in [6.45, 7) is 2.02. The van der Waals surface area contributed by atoms with Crippen molar-refractivity contribution in [2.24, 2.45) is 5.10 Å². The molecule has 0 aliphatic carbocycles. The largest absolute Gasteiger partial charge is 0.497 e. The molecule has 136 valence electrons. The monoisotopic (exact) mass is 355 g/mol. The van der Waals surface area contributed by atoms with E-state index < -0.39 is 4.92 Å². The summed E-state index contributed by atoms with van der Waals surface area (Å²) < 4.78 is 5.18. The fourth-order valence-corrected chi connectivity index (χ4v) is 2.43. The number of carbonyl (C=O) groups excluding carboxylic acids is 1. The molecule has 0 atom stereocenters. The molecule has 1 N–H and O–H groups in total. The van der Waals surface area contributed by atoms with Gasteiger partial charge in [-0.2, -0.15) is 5.10 Å². The molecule has 0 bridgehead atoms. The molecule has 0 aliphatic rings. The zero-order valence-electron chi connectivity index (χ0n) is 14.8. The molecule has 0 radical (unpaired) electrons. The third kappa shape index (κ3) is 5.70. The van der Waals surface area contributed by atoms with Crippen molar-refractivity contribution in [3.05, 3.63) is 69.3 Å². The molecular weight excluding hydrogens is 334 g/mol. The first-order chi connectivity index (χ1) is 12.5. The van der Waals surface area contributed by atoms with E-state index in [0.29, 0.717) is 18.4 Å². The fourth-order valence-electron chi connectivity index (χ4n) is 2.43. The summed E-state index contributed by atoms with van der Waals surface area (Å²) in [6, 6.07) is 11.8. The van der Waals surface area contributed by atoms with Gasteiger partial charge in [-0.15, -0.1) is 0 Å². The number of benzene rings is 2. The maximum atomic E-state index is 11.8. The number of hydrazone groups is 1. The minimum absolute atomic E-state index is 0.0139. The van der Waals surface area contributed by atoms with Crippen LogP contribution < -0.4 is 10.2 Å². The number of rotatable bonds is 8. The molecule has 7 heteroatoms. The maximum Gasteiger partial charge on any atom is 0.269 e. The molecule has 7 nitrogen and oxygen atoms in total. The van der Waals surface area contributed by atoms with Crippen LogP contribution in [0.5, 0.6) is 5.75 Å². The van der Waals surface area contributed by atoms with E-state index in [9.17, 15) is 14.9 Å². The highest BCUT2D eigenvalue weighted by Crippen LogP contribution is 2.18. The first-order valence-corrected chi connectivity index (χ1v) is 8.19. The normalized spacial score (nSPS) is 10.7. The number of hydrogen-bond acceptors (Lipinski definition) is 5. The third-order valence-corrected chi connectivity index (χ3v) is 3.91. The molecule has 0 unspecified atom stereocenters. The van der Waals surface area contributed by atoms with E-state index >= 15 is 0 Å². The van der Waals surface area contributed by atoms with Crippen LogP contribution in [0.15, 0.2) is 47.6 Å². The van der Waals surface area contributed by atoms with Gasteiger partial charge in [0.05, 0.1) is 18.2 Å². The quantitative estimate of drug-likeness (QED) is 0.446. The third-order valence-electron chi connectivity index (χ3n) is 3.91. The summed E-state index contributed by atoms with van der Waals surface area (Å²) >= 11 is 0. The first kappa shape index (κ1) is 19.1. The summed E-state index contributed by atoms with van der Waals surface area (Å²) in [4.78, 5) is 21.9. The highest BCUT2D eigenvalue weighted by atomic mass is 16.6. The Balaban J connectivity index is 1.75. The minimum Gasteiger partial charge on any atom is -0.497 e. The van der Waals surface area contributed by atoms with Gasteiger partial charge < -0.3 is 4.74 Å². The smallest absolute Gasteiger partial charge is 0.269 e. The lowest BCUT2D eigenvalue weighted by atomic mass is 10.0. The molecule has 2 rings (SSSR count). The zero-order chi connectivity index (χ0) is 18.9. The number of carbonyl (C=O) groups is 1. The molecular formula is C19H21N3O4. The van der Waals surface area contributed by atoms with Crippen molar-refractivity contribution in [3.63, 3.8) is 0 Å². The zero-order valence-corrected chi connectivity index (χ0v) is 14.8. The molecule has 0 aliphatic heterocycles. The molecule has 0 aromatic heterocycles. The summed E-state index contributed by atoms with van der Waals surface area (Å²) in [5, 5.41) is 14.5. The topological polar surface area (TPSA) is 93.8 Å². The second-order valence-electron chi connectivity index (χ2n) is 5.79. The number of hydrogen-bond donors (Lipinski definition) is 1. The van der Waals surface area contributed by atoms with Crippen LogP contribution in [-0.2, 0) is 11.2 Å². The van der Waals surface area contributed by atoms with E-state index in [1.54, 1.807) is 19.2 Å². The lowest BCUT2D eigenvalue weighted by molar-refractivity contribution is -0.384. The van der Waals surface area contributed by atoms with Crippen LogP contribution in [0.3, 0.4) is 0 Å². The Labute approximate surface area is 151 Å². The summed E-state index contributed by atoms with van der Waals surface area (Å²) in [6.07, 6.45) is 3.33. The van der Waals surface area contributed by atoms with Crippen LogP contribution in [0.25, 0.3) is 0 Å². The molecule has 2 aromatic carbocycles. The van der Waals surface area contributed by atoms with Gasteiger partial charge in [-0.05, 0) is 60.7 Å². The van der Waals surface area contributed by atoms with Gasteiger partial charge in [-0.3, -0.25) is 14.9 Å². The Hall–Kier alpha value is -3.22. The molecule has 0 fully saturated rings. The van der Waals surface area contributed by atoms with Crippen LogP contribution in [0.4, 0.5) is 5.69 Å². The van der Waals surface area contributed by atoms with Crippen molar-refractivity contribution in [3.8, 4) is 5.75 Å². The van der Waals surface area contributed by atoms with E-state index in [0.717, 1.165) is 17.7 Å². The molecule has 0 saturated heterocycles. The van der Waals surface area contributed by atoms with Crippen molar-refractivity contribution in [1.29, 1.82) is 0 Å². The Bertz CT molecular complexity index is 801. The highest BCUT2D eigenvalue weighted by Gasteiger charge is 2.05. The number of non-ortho nitro benzene ring substituents is 1. The highest BCUT2D eigenvalue weighted by molar-refractivity contribution is 5.82. The second kappa shape index (κ2) is 9.31. The number of ether oxygens (including phenoxy) is 1. The fraction of sp³-hybridized carbons (Fsp3) is 0.263. The molecule has 0 saturated carbocycles. The van der Waals surface area contributed by atoms with Gasteiger partial charge in [0.1, 0.15) is 5.75 Å². The number of amides is 1. The van der Waals surface area contributed by atoms with E-state index in [4.69, 9.17) is 4.74 Å². The average molecular weight is 355 g/mol. The van der Waals surface area contributed by atoms with Gasteiger partial charge in [-0.25, -0.2) is 5.43 Å². The Kier molecular flexibility index (Phi) is 6.84. The van der Waals surface area contributed by atoms with Gasteiger partial charge in [-0.1, -0.05) is 6.07 Å². The van der Waals surface area contributed by atoms with Crippen molar-refractivity contribution in [2.75, 3.05) is 7.11 Å². The van der Waals surface area contributed by atoms with Crippen molar-refractivity contribution in [2.45, 2.75) is 26.2 Å². The summed E-state index contributed by atoms with van der Waals surface area (Å²) in [5.74, 6) is 0.652. The lowest BCUT2D eigenvalue weighted by Crippen LogP contribution is -2.17. The van der Waals surface area contributed by atoms with Crippen molar-refractivity contribution < 1.29 is 14.5 Å². The SMILES string of the molecule is COc1ccc(CCCC(=O)N/N=C\c2ccc([N+](=O)[O-])cc2)c(C)c1. The van der Waals surface area contributed by atoms with Crippen LogP contribution in [-0.4, -0.2) is 24.2 Å². The molecule has 0 heterocycles. The predicted molar refractivity (Wildman–Crippen MR) is 99.5 cm³/mol. The Morgan fingerprint density at radius 1 is 1.27 bits per heavy atom. The van der Waals surface area contributed by atoms with E-state index in [1.807, 2.05) is 25.1 Å². The molecule has 2 aromatic rings. The van der Waals surface area contributed by atoms with Crippen LogP contribution in [0, 0.1) is 17.0 Å². The van der Waals surface area contributed by atoms with Gasteiger partial charge >= 0.3 is 0 Å². The Morgan fingerprint density at radius 3 is 2.62 bits per heavy atom. The van der Waals surface area contributed by atoms with E-state index in [2.05, 4.69) is 10.5 Å². The lowest BCUT2D eigenvalue weighted by Gasteiger charge is -2.07. The predicted octanol–water partition coefficient (Wildman–Crippen LogP) is 3.38. The first-order valence-electron chi connectivity index (χ1n) is 8.19. The standard InChI is InChI=1S/C19H21N3O4/c1-14-12-18(26-2)11-8-16(14)4-3-5-19(23)21-20-13-15-6-9-17(10-7-15)22(24)25/h6-13H,3-5H2,1-2H3,(H,21,23)/b20-13-. The summed E-state index contributed by atoms with van der Waals surface area (Å²) in [5.41, 5.74) is 5.48. The number of methoxy groups -OCH3 is 1. The van der Waals surface area contributed by atoms with Crippen LogP contribution in [0.2, 0.25) is 0 Å². The Morgan fingerprint density at radius 2 is 2.00 bits per heavy atom. The minimum atomic E-state index is -0.465. The molecule has 26 heavy (non-hydrogen) atoms. The van der Waals surface area contributed by atoms with Gasteiger partial charge in [0.2, 0.25) is 5.91 Å². The number of nitro groups is 1. The number of nitrogens with zero attached hydrogens (tertiary/aromatic N) is 2. The number of nitrogens with one attached hydrogen (secondary N) is 1. The van der Waals surface area contributed by atoms with Crippen LogP contribution >= 0.6 is 0 Å². The molecule has 1 amide bonds. The molecule has 0 spiro atoms. The maximum absolute atomic E-state index is 11.8. The van der Waals surface area contributed by atoms with Crippen molar-refractivity contribution >= 4 is 17.8 Å². The number of aryl methyl sites for hydroxylation is 2. The second-order valence-corrected chi connectivity index (χ2v) is 5.79. The summed E-state index contributed by atoms with van der Waals surface area (Å²) in [7, 11) is 1.63. The van der Waals surface area contributed by atoms with Gasteiger partial charge in [0.25, 0.3) is 5.69 Å². The van der Waals surface area contributed by atoms with E-state index in [1.165, 1.54) is 23.9 Å². The van der Waals surface area contributed by atoms with Gasteiger partial charge in [0, 0.05) is 18.6 Å². The van der Waals surface area contributed by atoms with Gasteiger partial charge in [0.15, 0.2) is 0 Å². The van der Waals surface area contributed by atoms with Crippen molar-refractivity contribution in [1.82, 2.24) is 5.43 Å². The average Bonchev–Trinajstić information content (AvgIpc) is 2.63. The van der Waals surface area contributed by atoms with Crippen LogP contribution in [0.1, 0.15) is 29.5 Å². The number of nitro benzene ring substituents is 1.